The van der Waals surface area contributed by atoms with E-state index in [2.05, 4.69) is 4.74 Å². The van der Waals surface area contributed by atoms with Gasteiger partial charge in [-0.1, -0.05) is 18.2 Å². The highest BCUT2D eigenvalue weighted by molar-refractivity contribution is 5.82. The van der Waals surface area contributed by atoms with Gasteiger partial charge in [-0.25, -0.2) is 0 Å². The molecule has 5 heteroatoms. The van der Waals surface area contributed by atoms with E-state index in [1.807, 2.05) is 6.07 Å². The first kappa shape index (κ1) is 15.0. The summed E-state index contributed by atoms with van der Waals surface area (Å²) in [5, 5.41) is 9.60. The zero-order valence-electron chi connectivity index (χ0n) is 11.3. The van der Waals surface area contributed by atoms with Gasteiger partial charge in [0.25, 0.3) is 0 Å². The molecular weight excluding hydrogens is 246 g/mol. The minimum Gasteiger partial charge on any atom is -0.508 e. The van der Waals surface area contributed by atoms with E-state index in [4.69, 9.17) is 0 Å². The third kappa shape index (κ3) is 4.62. The summed E-state index contributed by atoms with van der Waals surface area (Å²) in [4.78, 5) is 24.5. The van der Waals surface area contributed by atoms with Crippen molar-refractivity contribution < 1.29 is 19.4 Å². The van der Waals surface area contributed by atoms with Crippen LogP contribution in [0.4, 0.5) is 0 Å². The summed E-state index contributed by atoms with van der Waals surface area (Å²) >= 11 is 0. The Morgan fingerprint density at radius 2 is 2.00 bits per heavy atom. The third-order valence-electron chi connectivity index (χ3n) is 2.88. The number of carbonyl (C=O) groups is 2. The number of hydrogen-bond acceptors (Lipinski definition) is 4. The molecule has 1 N–H and O–H groups in total. The molecule has 1 rings (SSSR count). The summed E-state index contributed by atoms with van der Waals surface area (Å²) in [6.45, 7) is 2.22. The average Bonchev–Trinajstić information content (AvgIpc) is 2.43. The van der Waals surface area contributed by atoms with Gasteiger partial charge in [-0.05, 0) is 25.0 Å². The molecule has 0 aliphatic heterocycles. The van der Waals surface area contributed by atoms with E-state index in [9.17, 15) is 14.7 Å². The maximum atomic E-state index is 11.9. The number of methoxy groups -OCH3 is 1. The molecule has 19 heavy (non-hydrogen) atoms. The van der Waals surface area contributed by atoms with E-state index < -0.39 is 5.97 Å². The largest absolute Gasteiger partial charge is 0.508 e. The number of benzene rings is 1. The molecule has 0 heterocycles. The Bertz CT molecular complexity index is 445. The highest BCUT2D eigenvalue weighted by Crippen LogP contribution is 2.17. The monoisotopic (exact) mass is 265 g/mol. The summed E-state index contributed by atoms with van der Waals surface area (Å²) in [5.41, 5.74) is 0.727. The van der Waals surface area contributed by atoms with Crippen molar-refractivity contribution in [3.63, 3.8) is 0 Å². The number of phenols is 1. The van der Waals surface area contributed by atoms with Crippen molar-refractivity contribution in [2.75, 3.05) is 20.2 Å². The first-order chi connectivity index (χ1) is 9.08. The lowest BCUT2D eigenvalue weighted by atomic mass is 10.1. The highest BCUT2D eigenvalue weighted by atomic mass is 16.5. The van der Waals surface area contributed by atoms with Crippen LogP contribution in [0, 0.1) is 0 Å². The van der Waals surface area contributed by atoms with Gasteiger partial charge in [0, 0.05) is 13.0 Å². The first-order valence-electron chi connectivity index (χ1n) is 6.20. The number of rotatable bonds is 6. The quantitative estimate of drug-likeness (QED) is 0.788. The minimum atomic E-state index is -0.433. The van der Waals surface area contributed by atoms with Gasteiger partial charge in [-0.2, -0.15) is 0 Å². The number of likely N-dealkylation sites (N-methyl/N-ethyl adjacent to an activating group) is 1. The zero-order chi connectivity index (χ0) is 14.3. The van der Waals surface area contributed by atoms with Crippen molar-refractivity contribution in [3.8, 4) is 5.75 Å². The molecule has 1 aromatic rings. The van der Waals surface area contributed by atoms with Crippen LogP contribution < -0.4 is 0 Å². The standard InChI is InChI=1S/C14H19NO4/c1-3-15(10-14(18)19-2)13(17)9-8-11-6-4-5-7-12(11)16/h4-7,16H,3,8-10H2,1-2H3. The van der Waals surface area contributed by atoms with E-state index in [-0.39, 0.29) is 24.6 Å². The lowest BCUT2D eigenvalue weighted by Crippen LogP contribution is -2.36. The second-order valence-electron chi connectivity index (χ2n) is 4.11. The van der Waals surface area contributed by atoms with E-state index in [1.165, 1.54) is 12.0 Å². The molecule has 0 aromatic heterocycles. The van der Waals surface area contributed by atoms with E-state index in [1.54, 1.807) is 25.1 Å². The number of carbonyl (C=O) groups excluding carboxylic acids is 2. The van der Waals surface area contributed by atoms with Gasteiger partial charge in [0.2, 0.25) is 5.91 Å². The van der Waals surface area contributed by atoms with Crippen LogP contribution in [0.15, 0.2) is 24.3 Å². The lowest BCUT2D eigenvalue weighted by Gasteiger charge is -2.19. The summed E-state index contributed by atoms with van der Waals surface area (Å²) in [6, 6.07) is 6.91. The van der Waals surface area contributed by atoms with Crippen LogP contribution in [-0.4, -0.2) is 42.1 Å². The van der Waals surface area contributed by atoms with Crippen LogP contribution in [-0.2, 0) is 20.7 Å². The average molecular weight is 265 g/mol. The van der Waals surface area contributed by atoms with Crippen molar-refractivity contribution in [1.29, 1.82) is 0 Å². The van der Waals surface area contributed by atoms with Gasteiger partial charge in [0.1, 0.15) is 12.3 Å². The van der Waals surface area contributed by atoms with Gasteiger partial charge in [0.05, 0.1) is 7.11 Å². The number of nitrogens with zero attached hydrogens (tertiary/aromatic N) is 1. The van der Waals surface area contributed by atoms with Crippen LogP contribution in [0.2, 0.25) is 0 Å². The molecule has 0 bridgehead atoms. The number of para-hydroxylation sites is 1. The molecule has 0 saturated carbocycles. The predicted octanol–water partition coefficient (Wildman–Crippen LogP) is 1.35. The second-order valence-corrected chi connectivity index (χ2v) is 4.11. The molecule has 0 unspecified atom stereocenters. The summed E-state index contributed by atoms with van der Waals surface area (Å²) < 4.78 is 4.54. The van der Waals surface area contributed by atoms with Crippen molar-refractivity contribution in [1.82, 2.24) is 4.90 Å². The molecule has 0 aliphatic carbocycles. The second kappa shape index (κ2) is 7.41. The van der Waals surface area contributed by atoms with Gasteiger partial charge in [-0.15, -0.1) is 0 Å². The van der Waals surface area contributed by atoms with E-state index in [0.29, 0.717) is 13.0 Å². The van der Waals surface area contributed by atoms with Gasteiger partial charge >= 0.3 is 5.97 Å². The minimum absolute atomic E-state index is 0.0351. The van der Waals surface area contributed by atoms with Crippen LogP contribution in [0.25, 0.3) is 0 Å². The van der Waals surface area contributed by atoms with Crippen molar-refractivity contribution in [3.05, 3.63) is 29.8 Å². The lowest BCUT2D eigenvalue weighted by molar-refractivity contribution is -0.146. The highest BCUT2D eigenvalue weighted by Gasteiger charge is 2.16. The van der Waals surface area contributed by atoms with Crippen LogP contribution in [0.5, 0.6) is 5.75 Å². The molecule has 0 fully saturated rings. The molecule has 0 spiro atoms. The number of aryl methyl sites for hydroxylation is 1. The Hall–Kier alpha value is -2.04. The van der Waals surface area contributed by atoms with Gasteiger partial charge in [-0.3, -0.25) is 9.59 Å². The Kier molecular flexibility index (Phi) is 5.85. The summed E-state index contributed by atoms with van der Waals surface area (Å²) in [6.07, 6.45) is 0.700. The fourth-order valence-electron chi connectivity index (χ4n) is 1.72. The Morgan fingerprint density at radius 1 is 1.32 bits per heavy atom. The smallest absolute Gasteiger partial charge is 0.325 e. The maximum Gasteiger partial charge on any atom is 0.325 e. The van der Waals surface area contributed by atoms with Crippen LogP contribution in [0.3, 0.4) is 0 Å². The third-order valence-corrected chi connectivity index (χ3v) is 2.88. The normalized spacial score (nSPS) is 10.0. The van der Waals surface area contributed by atoms with Crippen molar-refractivity contribution in [2.45, 2.75) is 19.8 Å². The molecule has 0 aliphatic rings. The number of esters is 1. The molecular formula is C14H19NO4. The van der Waals surface area contributed by atoms with Crippen molar-refractivity contribution in [2.24, 2.45) is 0 Å². The summed E-state index contributed by atoms with van der Waals surface area (Å²) in [5.74, 6) is -0.375. The molecule has 1 aromatic carbocycles. The predicted molar refractivity (Wildman–Crippen MR) is 70.7 cm³/mol. The van der Waals surface area contributed by atoms with Crippen LogP contribution >= 0.6 is 0 Å². The fourth-order valence-corrected chi connectivity index (χ4v) is 1.72. The van der Waals surface area contributed by atoms with Crippen LogP contribution in [0.1, 0.15) is 18.9 Å². The molecule has 5 nitrogen and oxygen atoms in total. The molecule has 0 saturated heterocycles. The number of amides is 1. The fraction of sp³-hybridized carbons (Fsp3) is 0.429. The maximum absolute atomic E-state index is 11.9. The Morgan fingerprint density at radius 3 is 2.58 bits per heavy atom. The first-order valence-corrected chi connectivity index (χ1v) is 6.20. The number of aromatic hydroxyl groups is 1. The SMILES string of the molecule is CCN(CC(=O)OC)C(=O)CCc1ccccc1O. The molecule has 1 amide bonds. The topological polar surface area (TPSA) is 66.8 Å². The van der Waals surface area contributed by atoms with E-state index in [0.717, 1.165) is 5.56 Å². The van der Waals surface area contributed by atoms with Crippen molar-refractivity contribution >= 4 is 11.9 Å². The Labute approximate surface area is 112 Å². The van der Waals surface area contributed by atoms with Gasteiger partial charge in [0.15, 0.2) is 0 Å². The van der Waals surface area contributed by atoms with E-state index >= 15 is 0 Å². The summed E-state index contributed by atoms with van der Waals surface area (Å²) in [7, 11) is 1.29. The number of ether oxygens (including phenoxy) is 1. The molecule has 0 radical (unpaired) electrons. The Balaban J connectivity index is 2.54. The molecule has 104 valence electrons. The van der Waals surface area contributed by atoms with Gasteiger partial charge < -0.3 is 14.7 Å². The number of phenolic OH excluding ortho intramolecular Hbond substituents is 1. The zero-order valence-corrected chi connectivity index (χ0v) is 11.3. The molecule has 0 atom stereocenters. The number of hydrogen-bond donors (Lipinski definition) is 1.